The van der Waals surface area contributed by atoms with Crippen LogP contribution in [0.1, 0.15) is 22.5 Å². The summed E-state index contributed by atoms with van der Waals surface area (Å²) in [4.78, 5) is 2.47. The van der Waals surface area contributed by atoms with Gasteiger partial charge >= 0.3 is 0 Å². The summed E-state index contributed by atoms with van der Waals surface area (Å²) in [5.41, 5.74) is 5.25. The van der Waals surface area contributed by atoms with Gasteiger partial charge in [0.2, 0.25) is 0 Å². The number of aromatic amines is 1. The summed E-state index contributed by atoms with van der Waals surface area (Å²) in [6.45, 7) is 3.95. The number of benzene rings is 1. The number of fused-ring (bicyclic) bond motifs is 1. The molecule has 19 heavy (non-hydrogen) atoms. The monoisotopic (exact) mass is 256 g/mol. The fourth-order valence-corrected chi connectivity index (χ4v) is 2.73. The van der Waals surface area contributed by atoms with Crippen molar-refractivity contribution in [1.29, 1.82) is 0 Å². The Morgan fingerprint density at radius 3 is 2.95 bits per heavy atom. The average Bonchev–Trinajstić information content (AvgIpc) is 2.83. The van der Waals surface area contributed by atoms with Crippen molar-refractivity contribution in [1.82, 2.24) is 20.4 Å². The van der Waals surface area contributed by atoms with E-state index >= 15 is 0 Å². The molecule has 0 amide bonds. The van der Waals surface area contributed by atoms with E-state index in [1.165, 1.54) is 22.5 Å². The molecule has 0 unspecified atom stereocenters. The van der Waals surface area contributed by atoms with Gasteiger partial charge in [-0.25, -0.2) is 0 Å². The second-order valence-electron chi connectivity index (χ2n) is 5.10. The van der Waals surface area contributed by atoms with Crippen molar-refractivity contribution in [2.24, 2.45) is 0 Å². The number of H-pyrrole nitrogens is 1. The zero-order valence-electron chi connectivity index (χ0n) is 11.3. The largest absolute Gasteiger partial charge is 0.314 e. The van der Waals surface area contributed by atoms with Crippen LogP contribution in [0.15, 0.2) is 30.3 Å². The van der Waals surface area contributed by atoms with E-state index in [1.807, 2.05) is 7.05 Å². The number of hydrogen-bond donors (Lipinski definition) is 2. The molecule has 0 fully saturated rings. The summed E-state index contributed by atoms with van der Waals surface area (Å²) in [5.74, 6) is 0. The van der Waals surface area contributed by atoms with Crippen molar-refractivity contribution in [2.75, 3.05) is 13.6 Å². The Hall–Kier alpha value is -1.65. The molecular weight excluding hydrogens is 236 g/mol. The first-order chi connectivity index (χ1) is 9.36. The Labute approximate surface area is 113 Å². The van der Waals surface area contributed by atoms with E-state index in [-0.39, 0.29) is 0 Å². The lowest BCUT2D eigenvalue weighted by atomic mass is 10.0. The molecule has 0 saturated carbocycles. The minimum Gasteiger partial charge on any atom is -0.314 e. The molecule has 1 aromatic heterocycles. The standard InChI is InChI=1S/C15H20N4/c1-16-9-14-13-7-8-19(11-15(13)18-17-14)10-12-5-3-2-4-6-12/h2-6,16H,7-11H2,1H3,(H,17,18). The smallest absolute Gasteiger partial charge is 0.0795 e. The van der Waals surface area contributed by atoms with Crippen molar-refractivity contribution < 1.29 is 0 Å². The van der Waals surface area contributed by atoms with Gasteiger partial charge in [-0.3, -0.25) is 10.00 Å². The number of rotatable bonds is 4. The quantitative estimate of drug-likeness (QED) is 0.875. The number of hydrogen-bond acceptors (Lipinski definition) is 3. The van der Waals surface area contributed by atoms with E-state index in [0.29, 0.717) is 0 Å². The zero-order chi connectivity index (χ0) is 13.1. The van der Waals surface area contributed by atoms with Crippen LogP contribution in [-0.2, 0) is 26.1 Å². The molecule has 0 saturated heterocycles. The third kappa shape index (κ3) is 2.69. The lowest BCUT2D eigenvalue weighted by Crippen LogP contribution is -2.30. The minimum atomic E-state index is 0.852. The highest BCUT2D eigenvalue weighted by Gasteiger charge is 2.21. The maximum Gasteiger partial charge on any atom is 0.0795 e. The van der Waals surface area contributed by atoms with E-state index in [0.717, 1.165) is 32.6 Å². The van der Waals surface area contributed by atoms with Crippen LogP contribution in [-0.4, -0.2) is 28.7 Å². The topological polar surface area (TPSA) is 44.0 Å². The summed E-state index contributed by atoms with van der Waals surface area (Å²) < 4.78 is 0. The van der Waals surface area contributed by atoms with Gasteiger partial charge in [-0.2, -0.15) is 5.10 Å². The second kappa shape index (κ2) is 5.55. The molecule has 2 heterocycles. The SMILES string of the molecule is CNCc1n[nH]c2c1CCN(Cc1ccccc1)C2. The van der Waals surface area contributed by atoms with Crippen LogP contribution in [0.3, 0.4) is 0 Å². The van der Waals surface area contributed by atoms with E-state index in [2.05, 4.69) is 50.7 Å². The van der Waals surface area contributed by atoms with Crippen molar-refractivity contribution in [3.63, 3.8) is 0 Å². The molecule has 0 atom stereocenters. The molecule has 0 aliphatic carbocycles. The van der Waals surface area contributed by atoms with Gasteiger partial charge in [-0.15, -0.1) is 0 Å². The van der Waals surface area contributed by atoms with Gasteiger partial charge in [0.25, 0.3) is 0 Å². The molecule has 0 bridgehead atoms. The number of aromatic nitrogens is 2. The van der Waals surface area contributed by atoms with Gasteiger partial charge in [-0.1, -0.05) is 30.3 Å². The molecular formula is C15H20N4. The summed E-state index contributed by atoms with van der Waals surface area (Å²) >= 11 is 0. The van der Waals surface area contributed by atoms with Crippen molar-refractivity contribution in [2.45, 2.75) is 26.1 Å². The Morgan fingerprint density at radius 2 is 2.16 bits per heavy atom. The normalized spacial score (nSPS) is 15.4. The Morgan fingerprint density at radius 1 is 1.32 bits per heavy atom. The van der Waals surface area contributed by atoms with Crippen molar-refractivity contribution in [3.05, 3.63) is 52.8 Å². The lowest BCUT2D eigenvalue weighted by molar-refractivity contribution is 0.242. The molecule has 1 aliphatic rings. The van der Waals surface area contributed by atoms with Crippen LogP contribution < -0.4 is 5.32 Å². The molecule has 0 radical (unpaired) electrons. The lowest BCUT2D eigenvalue weighted by Gasteiger charge is -2.26. The summed E-state index contributed by atoms with van der Waals surface area (Å²) in [6, 6.07) is 10.7. The highest BCUT2D eigenvalue weighted by molar-refractivity contribution is 5.28. The van der Waals surface area contributed by atoms with Crippen LogP contribution in [0.4, 0.5) is 0 Å². The molecule has 4 nitrogen and oxygen atoms in total. The van der Waals surface area contributed by atoms with Gasteiger partial charge in [0.05, 0.1) is 11.4 Å². The minimum absolute atomic E-state index is 0.852. The maximum absolute atomic E-state index is 4.41. The van der Waals surface area contributed by atoms with Crippen molar-refractivity contribution in [3.8, 4) is 0 Å². The molecule has 2 aromatic rings. The summed E-state index contributed by atoms with van der Waals surface area (Å²) in [5, 5.41) is 10.8. The second-order valence-corrected chi connectivity index (χ2v) is 5.10. The summed E-state index contributed by atoms with van der Waals surface area (Å²) in [6.07, 6.45) is 1.09. The fourth-order valence-electron chi connectivity index (χ4n) is 2.73. The van der Waals surface area contributed by atoms with Crippen LogP contribution in [0.2, 0.25) is 0 Å². The Balaban J connectivity index is 1.69. The van der Waals surface area contributed by atoms with E-state index in [9.17, 15) is 0 Å². The molecule has 2 N–H and O–H groups in total. The highest BCUT2D eigenvalue weighted by Crippen LogP contribution is 2.21. The van der Waals surface area contributed by atoms with Gasteiger partial charge < -0.3 is 5.32 Å². The molecule has 100 valence electrons. The van der Waals surface area contributed by atoms with Gasteiger partial charge in [-0.05, 0) is 19.0 Å². The average molecular weight is 256 g/mol. The first-order valence-electron chi connectivity index (χ1n) is 6.82. The first-order valence-corrected chi connectivity index (χ1v) is 6.82. The number of nitrogens with one attached hydrogen (secondary N) is 2. The van der Waals surface area contributed by atoms with Crippen molar-refractivity contribution >= 4 is 0 Å². The van der Waals surface area contributed by atoms with Crippen LogP contribution >= 0.6 is 0 Å². The fraction of sp³-hybridized carbons (Fsp3) is 0.400. The Bertz CT molecular complexity index is 532. The maximum atomic E-state index is 4.41. The van der Waals surface area contributed by atoms with Gasteiger partial charge in [0.1, 0.15) is 0 Å². The third-order valence-corrected chi connectivity index (χ3v) is 3.69. The van der Waals surface area contributed by atoms with Crippen LogP contribution in [0.25, 0.3) is 0 Å². The highest BCUT2D eigenvalue weighted by atomic mass is 15.2. The molecule has 4 heteroatoms. The van der Waals surface area contributed by atoms with E-state index in [4.69, 9.17) is 0 Å². The van der Waals surface area contributed by atoms with Crippen LogP contribution in [0.5, 0.6) is 0 Å². The predicted octanol–water partition coefficient (Wildman–Crippen LogP) is 1.69. The molecule has 1 aliphatic heterocycles. The van der Waals surface area contributed by atoms with E-state index < -0.39 is 0 Å². The van der Waals surface area contributed by atoms with Gasteiger partial charge in [0.15, 0.2) is 0 Å². The predicted molar refractivity (Wildman–Crippen MR) is 75.6 cm³/mol. The van der Waals surface area contributed by atoms with Crippen LogP contribution in [0, 0.1) is 0 Å². The van der Waals surface area contributed by atoms with Gasteiger partial charge in [0, 0.05) is 31.7 Å². The molecule has 3 rings (SSSR count). The Kier molecular flexibility index (Phi) is 3.62. The summed E-state index contributed by atoms with van der Waals surface area (Å²) in [7, 11) is 1.96. The number of nitrogens with zero attached hydrogens (tertiary/aromatic N) is 2. The molecule has 0 spiro atoms. The molecule has 1 aromatic carbocycles. The first kappa shape index (κ1) is 12.4. The zero-order valence-corrected chi connectivity index (χ0v) is 11.3. The van der Waals surface area contributed by atoms with E-state index in [1.54, 1.807) is 0 Å². The third-order valence-electron chi connectivity index (χ3n) is 3.69.